The maximum atomic E-state index is 12.3. The SMILES string of the molecule is C[C@@H]1CN(C(=O)COC(=O)c2ccc(Cn3nnc4ccccc43)cc2)C[C@H](C)O1. The fraction of sp³-hybridized carbons (Fsp3) is 0.364. The van der Waals surface area contributed by atoms with Crippen molar-refractivity contribution in [1.82, 2.24) is 19.9 Å². The van der Waals surface area contributed by atoms with E-state index >= 15 is 0 Å². The summed E-state index contributed by atoms with van der Waals surface area (Å²) in [6, 6.07) is 14.8. The number of carbonyl (C=O) groups is 2. The molecule has 0 spiro atoms. The Hall–Kier alpha value is -3.26. The van der Waals surface area contributed by atoms with Gasteiger partial charge >= 0.3 is 5.97 Å². The van der Waals surface area contributed by atoms with Gasteiger partial charge in [-0.2, -0.15) is 0 Å². The van der Waals surface area contributed by atoms with Gasteiger partial charge in [-0.05, 0) is 43.7 Å². The summed E-state index contributed by atoms with van der Waals surface area (Å²) < 4.78 is 12.7. The van der Waals surface area contributed by atoms with Gasteiger partial charge in [-0.25, -0.2) is 9.48 Å². The molecule has 3 aromatic rings. The number of rotatable bonds is 5. The Morgan fingerprint density at radius 1 is 1.07 bits per heavy atom. The molecule has 1 fully saturated rings. The van der Waals surface area contributed by atoms with Gasteiger partial charge in [0, 0.05) is 13.1 Å². The van der Waals surface area contributed by atoms with E-state index in [4.69, 9.17) is 9.47 Å². The molecule has 2 atom stereocenters. The third kappa shape index (κ3) is 4.49. The maximum Gasteiger partial charge on any atom is 0.338 e. The minimum Gasteiger partial charge on any atom is -0.452 e. The van der Waals surface area contributed by atoms with Gasteiger partial charge in [0.2, 0.25) is 0 Å². The second-order valence-electron chi connectivity index (χ2n) is 7.56. The molecule has 0 unspecified atom stereocenters. The van der Waals surface area contributed by atoms with Gasteiger partial charge in [-0.1, -0.05) is 29.5 Å². The molecule has 0 N–H and O–H groups in total. The molecule has 1 amide bonds. The molecular formula is C22H24N4O4. The van der Waals surface area contributed by atoms with Crippen LogP contribution in [-0.2, 0) is 20.8 Å². The van der Waals surface area contributed by atoms with Crippen molar-refractivity contribution in [1.29, 1.82) is 0 Å². The number of nitrogens with zero attached hydrogens (tertiary/aromatic N) is 4. The van der Waals surface area contributed by atoms with Crippen molar-refractivity contribution in [2.75, 3.05) is 19.7 Å². The minimum atomic E-state index is -0.518. The second-order valence-corrected chi connectivity index (χ2v) is 7.56. The van der Waals surface area contributed by atoms with Gasteiger partial charge in [-0.3, -0.25) is 4.79 Å². The summed E-state index contributed by atoms with van der Waals surface area (Å²) >= 11 is 0. The first-order valence-corrected chi connectivity index (χ1v) is 9.97. The second kappa shape index (κ2) is 8.62. The summed E-state index contributed by atoms with van der Waals surface area (Å²) in [4.78, 5) is 26.3. The van der Waals surface area contributed by atoms with Crippen LogP contribution in [-0.4, -0.2) is 63.7 Å². The Morgan fingerprint density at radius 2 is 1.77 bits per heavy atom. The van der Waals surface area contributed by atoms with E-state index in [1.54, 1.807) is 17.0 Å². The topological polar surface area (TPSA) is 86.6 Å². The number of carbonyl (C=O) groups excluding carboxylic acids is 2. The zero-order chi connectivity index (χ0) is 21.1. The molecule has 0 aliphatic carbocycles. The van der Waals surface area contributed by atoms with Gasteiger partial charge in [0.15, 0.2) is 6.61 Å². The number of ether oxygens (including phenoxy) is 2. The van der Waals surface area contributed by atoms with Gasteiger partial charge < -0.3 is 14.4 Å². The number of hydrogen-bond acceptors (Lipinski definition) is 6. The van der Waals surface area contributed by atoms with Crippen LogP contribution in [0.5, 0.6) is 0 Å². The lowest BCUT2D eigenvalue weighted by atomic mass is 10.1. The van der Waals surface area contributed by atoms with Gasteiger partial charge in [0.1, 0.15) is 5.52 Å². The zero-order valence-electron chi connectivity index (χ0n) is 17.0. The Balaban J connectivity index is 1.33. The van der Waals surface area contributed by atoms with Crippen LogP contribution in [0.1, 0.15) is 29.8 Å². The van der Waals surface area contributed by atoms with Crippen molar-refractivity contribution in [2.24, 2.45) is 0 Å². The number of hydrogen-bond donors (Lipinski definition) is 0. The number of aromatic nitrogens is 3. The van der Waals surface area contributed by atoms with Gasteiger partial charge in [0.05, 0.1) is 29.8 Å². The van der Waals surface area contributed by atoms with Crippen LogP contribution in [0, 0.1) is 0 Å². The van der Waals surface area contributed by atoms with Crippen molar-refractivity contribution in [3.05, 3.63) is 59.7 Å². The molecular weight excluding hydrogens is 384 g/mol. The molecule has 0 radical (unpaired) electrons. The molecule has 1 aliphatic rings. The largest absolute Gasteiger partial charge is 0.452 e. The average Bonchev–Trinajstić information content (AvgIpc) is 3.14. The Morgan fingerprint density at radius 3 is 2.50 bits per heavy atom. The summed E-state index contributed by atoms with van der Waals surface area (Å²) in [5, 5.41) is 8.32. The van der Waals surface area contributed by atoms with E-state index in [1.807, 2.05) is 54.9 Å². The Kier molecular flexibility index (Phi) is 5.76. The summed E-state index contributed by atoms with van der Waals surface area (Å²) in [5.74, 6) is -0.726. The van der Waals surface area contributed by atoms with E-state index in [1.165, 1.54) is 0 Å². The normalized spacial score (nSPS) is 19.1. The van der Waals surface area contributed by atoms with Crippen molar-refractivity contribution >= 4 is 22.9 Å². The summed E-state index contributed by atoms with van der Waals surface area (Å²) in [6.45, 7) is 5.13. The van der Waals surface area contributed by atoms with E-state index in [9.17, 15) is 9.59 Å². The van der Waals surface area contributed by atoms with Crippen molar-refractivity contribution in [3.63, 3.8) is 0 Å². The van der Waals surface area contributed by atoms with Crippen molar-refractivity contribution in [3.8, 4) is 0 Å². The molecule has 1 aliphatic heterocycles. The zero-order valence-corrected chi connectivity index (χ0v) is 17.0. The lowest BCUT2D eigenvalue weighted by molar-refractivity contribution is -0.146. The van der Waals surface area contributed by atoms with Crippen LogP contribution in [0.2, 0.25) is 0 Å². The van der Waals surface area contributed by atoms with Crippen LogP contribution < -0.4 is 0 Å². The predicted molar refractivity (Wildman–Crippen MR) is 110 cm³/mol. The quantitative estimate of drug-likeness (QED) is 0.602. The van der Waals surface area contributed by atoms with E-state index in [2.05, 4.69) is 10.3 Å². The minimum absolute atomic E-state index is 0.0250. The van der Waals surface area contributed by atoms with Crippen LogP contribution in [0.25, 0.3) is 11.0 Å². The van der Waals surface area contributed by atoms with Crippen molar-refractivity contribution < 1.29 is 19.1 Å². The smallest absolute Gasteiger partial charge is 0.338 e. The highest BCUT2D eigenvalue weighted by atomic mass is 16.5. The van der Waals surface area contributed by atoms with Gasteiger partial charge in [0.25, 0.3) is 5.91 Å². The molecule has 8 nitrogen and oxygen atoms in total. The monoisotopic (exact) mass is 408 g/mol. The number of para-hydroxylation sites is 1. The molecule has 30 heavy (non-hydrogen) atoms. The molecule has 0 saturated carbocycles. The highest BCUT2D eigenvalue weighted by Crippen LogP contribution is 2.14. The molecule has 1 aromatic heterocycles. The molecule has 8 heteroatoms. The molecule has 4 rings (SSSR count). The first kappa shape index (κ1) is 20.0. The Labute approximate surface area is 174 Å². The molecule has 156 valence electrons. The predicted octanol–water partition coefficient (Wildman–Crippen LogP) is 2.27. The number of benzene rings is 2. The van der Waals surface area contributed by atoms with Crippen LogP contribution >= 0.6 is 0 Å². The lowest BCUT2D eigenvalue weighted by Crippen LogP contribution is -2.49. The molecule has 2 aromatic carbocycles. The average molecular weight is 408 g/mol. The fourth-order valence-electron chi connectivity index (χ4n) is 3.64. The first-order valence-electron chi connectivity index (χ1n) is 9.97. The van der Waals surface area contributed by atoms with E-state index in [0.29, 0.717) is 25.2 Å². The third-order valence-electron chi connectivity index (χ3n) is 5.04. The first-order chi connectivity index (χ1) is 14.5. The van der Waals surface area contributed by atoms with E-state index < -0.39 is 5.97 Å². The van der Waals surface area contributed by atoms with E-state index in [-0.39, 0.29) is 24.7 Å². The standard InChI is InChI=1S/C22H24N4O4/c1-15-11-25(12-16(2)30-15)21(27)14-29-22(28)18-9-7-17(8-10-18)13-26-20-6-4-3-5-19(20)23-24-26/h3-10,15-16H,11-14H2,1-2H3/t15-,16+. The van der Waals surface area contributed by atoms with Crippen LogP contribution in [0.15, 0.2) is 48.5 Å². The molecule has 2 heterocycles. The van der Waals surface area contributed by atoms with Crippen molar-refractivity contribution in [2.45, 2.75) is 32.6 Å². The highest BCUT2D eigenvalue weighted by molar-refractivity contribution is 5.91. The molecule has 1 saturated heterocycles. The van der Waals surface area contributed by atoms with E-state index in [0.717, 1.165) is 16.6 Å². The van der Waals surface area contributed by atoms with Crippen LogP contribution in [0.4, 0.5) is 0 Å². The number of amides is 1. The maximum absolute atomic E-state index is 12.3. The lowest BCUT2D eigenvalue weighted by Gasteiger charge is -2.35. The Bertz CT molecular complexity index is 1040. The summed E-state index contributed by atoms with van der Waals surface area (Å²) in [7, 11) is 0. The highest BCUT2D eigenvalue weighted by Gasteiger charge is 2.26. The summed E-state index contributed by atoms with van der Waals surface area (Å²) in [5.41, 5.74) is 3.17. The fourth-order valence-corrected chi connectivity index (χ4v) is 3.64. The summed E-state index contributed by atoms with van der Waals surface area (Å²) in [6.07, 6.45) is -0.0499. The number of esters is 1. The number of fused-ring (bicyclic) bond motifs is 1. The number of morpholine rings is 1. The van der Waals surface area contributed by atoms with Crippen LogP contribution in [0.3, 0.4) is 0 Å². The third-order valence-corrected chi connectivity index (χ3v) is 5.04. The van der Waals surface area contributed by atoms with Gasteiger partial charge in [-0.15, -0.1) is 5.10 Å². The molecule has 0 bridgehead atoms.